The fourth-order valence-electron chi connectivity index (χ4n) is 3.08. The number of likely N-dealkylation sites (N-methyl/N-ethyl adjacent to an activating group) is 1. The van der Waals surface area contributed by atoms with E-state index in [1.54, 1.807) is 5.56 Å². The van der Waals surface area contributed by atoms with Gasteiger partial charge in [-0.05, 0) is 50.2 Å². The molecular weight excluding hydrogens is 222 g/mol. The summed E-state index contributed by atoms with van der Waals surface area (Å²) >= 11 is 0. The molecule has 0 radical (unpaired) electrons. The zero-order chi connectivity index (χ0) is 12.4. The lowest BCUT2D eigenvalue weighted by Crippen LogP contribution is -2.32. The van der Waals surface area contributed by atoms with Crippen molar-refractivity contribution in [2.45, 2.75) is 19.4 Å². The van der Waals surface area contributed by atoms with Crippen molar-refractivity contribution in [1.82, 2.24) is 10.2 Å². The lowest BCUT2D eigenvalue weighted by Gasteiger charge is -2.29. The summed E-state index contributed by atoms with van der Waals surface area (Å²) in [6.07, 6.45) is 2.45. The van der Waals surface area contributed by atoms with Crippen LogP contribution in [0.4, 0.5) is 5.69 Å². The first-order chi connectivity index (χ1) is 8.84. The summed E-state index contributed by atoms with van der Waals surface area (Å²) in [6, 6.07) is 6.83. The van der Waals surface area contributed by atoms with E-state index in [2.05, 4.69) is 40.4 Å². The van der Waals surface area contributed by atoms with Crippen LogP contribution in [0.5, 0.6) is 0 Å². The van der Waals surface area contributed by atoms with Gasteiger partial charge in [0.2, 0.25) is 0 Å². The Hall–Kier alpha value is -1.06. The van der Waals surface area contributed by atoms with Gasteiger partial charge in [-0.3, -0.25) is 0 Å². The first kappa shape index (κ1) is 12.0. The van der Waals surface area contributed by atoms with Crippen LogP contribution in [-0.4, -0.2) is 44.7 Å². The lowest BCUT2D eigenvalue weighted by molar-refractivity contribution is 0.360. The first-order valence-corrected chi connectivity index (χ1v) is 7.09. The predicted molar refractivity (Wildman–Crippen MR) is 76.2 cm³/mol. The van der Waals surface area contributed by atoms with Crippen molar-refractivity contribution in [2.24, 2.45) is 0 Å². The van der Waals surface area contributed by atoms with Gasteiger partial charge in [-0.15, -0.1) is 0 Å². The number of benzene rings is 1. The van der Waals surface area contributed by atoms with E-state index in [0.29, 0.717) is 0 Å². The van der Waals surface area contributed by atoms with Gasteiger partial charge in [-0.1, -0.05) is 12.1 Å². The number of rotatable bonds is 1. The minimum atomic E-state index is 1.04. The molecule has 0 atom stereocenters. The molecule has 0 aromatic heterocycles. The summed E-state index contributed by atoms with van der Waals surface area (Å²) < 4.78 is 0. The van der Waals surface area contributed by atoms with E-state index in [4.69, 9.17) is 0 Å². The number of hydrogen-bond acceptors (Lipinski definition) is 3. The number of nitrogens with one attached hydrogen (secondary N) is 1. The molecule has 2 heterocycles. The van der Waals surface area contributed by atoms with Crippen LogP contribution < -0.4 is 10.2 Å². The van der Waals surface area contributed by atoms with Crippen molar-refractivity contribution < 1.29 is 0 Å². The van der Waals surface area contributed by atoms with Gasteiger partial charge < -0.3 is 15.1 Å². The third-order valence-electron chi connectivity index (χ3n) is 4.18. The van der Waals surface area contributed by atoms with Gasteiger partial charge in [-0.2, -0.15) is 0 Å². The Morgan fingerprint density at radius 1 is 1.11 bits per heavy atom. The maximum absolute atomic E-state index is 3.51. The van der Waals surface area contributed by atoms with Crippen molar-refractivity contribution in [1.29, 1.82) is 0 Å². The van der Waals surface area contributed by atoms with Crippen molar-refractivity contribution in [2.75, 3.05) is 44.7 Å². The van der Waals surface area contributed by atoms with Crippen LogP contribution in [0.2, 0.25) is 0 Å². The largest absolute Gasteiger partial charge is 0.370 e. The molecule has 1 N–H and O–H groups in total. The van der Waals surface area contributed by atoms with E-state index in [-0.39, 0.29) is 0 Å². The van der Waals surface area contributed by atoms with Crippen LogP contribution in [-0.2, 0) is 13.0 Å². The summed E-state index contributed by atoms with van der Waals surface area (Å²) in [5.74, 6) is 0. The molecule has 1 fully saturated rings. The molecule has 18 heavy (non-hydrogen) atoms. The van der Waals surface area contributed by atoms with Crippen molar-refractivity contribution in [3.63, 3.8) is 0 Å². The Bertz CT molecular complexity index is 416. The maximum Gasteiger partial charge on any atom is 0.0415 e. The molecule has 2 aliphatic rings. The summed E-state index contributed by atoms with van der Waals surface area (Å²) in [7, 11) is 2.23. The van der Waals surface area contributed by atoms with E-state index < -0.39 is 0 Å². The van der Waals surface area contributed by atoms with E-state index in [9.17, 15) is 0 Å². The van der Waals surface area contributed by atoms with Crippen LogP contribution in [0, 0.1) is 0 Å². The second-order valence-electron chi connectivity index (χ2n) is 5.49. The van der Waals surface area contributed by atoms with Crippen LogP contribution in [0.25, 0.3) is 0 Å². The smallest absolute Gasteiger partial charge is 0.0415 e. The summed E-state index contributed by atoms with van der Waals surface area (Å²) in [6.45, 7) is 6.92. The molecule has 1 saturated heterocycles. The molecule has 98 valence electrons. The molecule has 1 aromatic rings. The van der Waals surface area contributed by atoms with Crippen molar-refractivity contribution >= 4 is 5.69 Å². The van der Waals surface area contributed by atoms with Crippen molar-refractivity contribution in [3.8, 4) is 0 Å². The molecule has 0 bridgehead atoms. The molecule has 0 aliphatic carbocycles. The normalized spacial score (nSPS) is 21.5. The molecule has 3 nitrogen and oxygen atoms in total. The van der Waals surface area contributed by atoms with Gasteiger partial charge in [0.1, 0.15) is 0 Å². The molecule has 2 aliphatic heterocycles. The molecule has 3 rings (SSSR count). The monoisotopic (exact) mass is 245 g/mol. The van der Waals surface area contributed by atoms with Crippen LogP contribution in [0.3, 0.4) is 0 Å². The van der Waals surface area contributed by atoms with E-state index >= 15 is 0 Å². The predicted octanol–water partition coefficient (Wildman–Crippen LogP) is 1.47. The van der Waals surface area contributed by atoms with E-state index in [1.807, 2.05) is 0 Å². The second kappa shape index (κ2) is 5.29. The van der Waals surface area contributed by atoms with Crippen LogP contribution >= 0.6 is 0 Å². The number of hydrogen-bond donors (Lipinski definition) is 1. The van der Waals surface area contributed by atoms with Crippen molar-refractivity contribution in [3.05, 3.63) is 29.3 Å². The topological polar surface area (TPSA) is 18.5 Å². The highest BCUT2D eigenvalue weighted by Crippen LogP contribution is 2.27. The molecule has 0 saturated carbocycles. The molecule has 3 heteroatoms. The van der Waals surface area contributed by atoms with Gasteiger partial charge in [0.25, 0.3) is 0 Å². The Balaban J connectivity index is 1.87. The minimum Gasteiger partial charge on any atom is -0.370 e. The fourth-order valence-corrected chi connectivity index (χ4v) is 3.08. The Labute approximate surface area is 110 Å². The lowest BCUT2D eigenvalue weighted by atomic mass is 9.98. The average Bonchev–Trinajstić information content (AvgIpc) is 2.63. The van der Waals surface area contributed by atoms with Crippen LogP contribution in [0.15, 0.2) is 18.2 Å². The zero-order valence-corrected chi connectivity index (χ0v) is 11.3. The SMILES string of the molecule is CN1CCCN(c2cccc3c2CNCC3)CC1. The molecular formula is C15H23N3. The first-order valence-electron chi connectivity index (χ1n) is 7.09. The highest BCUT2D eigenvalue weighted by molar-refractivity contribution is 5.57. The standard InChI is InChI=1S/C15H23N3/c1-17-8-3-9-18(11-10-17)15-5-2-4-13-6-7-16-12-14(13)15/h2,4-5,16H,3,6-12H2,1H3. The quantitative estimate of drug-likeness (QED) is 0.808. The number of fused-ring (bicyclic) bond motifs is 1. The highest BCUT2D eigenvalue weighted by atomic mass is 15.2. The molecule has 0 unspecified atom stereocenters. The Morgan fingerprint density at radius 2 is 2.06 bits per heavy atom. The zero-order valence-electron chi connectivity index (χ0n) is 11.3. The maximum atomic E-state index is 3.51. The highest BCUT2D eigenvalue weighted by Gasteiger charge is 2.18. The summed E-state index contributed by atoms with van der Waals surface area (Å²) in [4.78, 5) is 5.02. The summed E-state index contributed by atoms with van der Waals surface area (Å²) in [5.41, 5.74) is 4.55. The van der Waals surface area contributed by atoms with Crippen LogP contribution in [0.1, 0.15) is 17.5 Å². The van der Waals surface area contributed by atoms with Gasteiger partial charge in [0, 0.05) is 31.9 Å². The van der Waals surface area contributed by atoms with Gasteiger partial charge >= 0.3 is 0 Å². The number of anilines is 1. The average molecular weight is 245 g/mol. The molecule has 0 amide bonds. The van der Waals surface area contributed by atoms with E-state index in [0.717, 1.165) is 19.6 Å². The molecule has 1 aromatic carbocycles. The third-order valence-corrected chi connectivity index (χ3v) is 4.18. The number of nitrogens with zero attached hydrogens (tertiary/aromatic N) is 2. The van der Waals surface area contributed by atoms with Gasteiger partial charge in [0.15, 0.2) is 0 Å². The fraction of sp³-hybridized carbons (Fsp3) is 0.600. The second-order valence-corrected chi connectivity index (χ2v) is 5.49. The Morgan fingerprint density at radius 3 is 3.00 bits per heavy atom. The Kier molecular flexibility index (Phi) is 3.52. The minimum absolute atomic E-state index is 1.04. The molecule has 0 spiro atoms. The van der Waals surface area contributed by atoms with E-state index in [1.165, 1.54) is 43.7 Å². The van der Waals surface area contributed by atoms with Gasteiger partial charge in [0.05, 0.1) is 0 Å². The van der Waals surface area contributed by atoms with Gasteiger partial charge in [-0.25, -0.2) is 0 Å². The summed E-state index contributed by atoms with van der Waals surface area (Å²) in [5, 5.41) is 3.51. The third kappa shape index (κ3) is 2.38.